The van der Waals surface area contributed by atoms with Crippen molar-refractivity contribution in [2.45, 2.75) is 6.54 Å². The minimum atomic E-state index is -0.152. The number of nitrogens with one attached hydrogen (secondary N) is 2. The van der Waals surface area contributed by atoms with E-state index in [-0.39, 0.29) is 5.91 Å². The molecule has 0 spiro atoms. The van der Waals surface area contributed by atoms with Gasteiger partial charge in [0.05, 0.1) is 34.4 Å². The molecule has 0 bridgehead atoms. The zero-order valence-electron chi connectivity index (χ0n) is 15.6. The first-order chi connectivity index (χ1) is 14.3. The number of aromatic amines is 1. The second kappa shape index (κ2) is 7.20. The minimum absolute atomic E-state index is 0.152. The average Bonchev–Trinajstić information content (AvgIpc) is 3.20. The molecule has 2 aromatic heterocycles. The lowest BCUT2D eigenvalue weighted by molar-refractivity contribution is 0.0951. The van der Waals surface area contributed by atoms with Crippen LogP contribution in [0.5, 0.6) is 0 Å². The van der Waals surface area contributed by atoms with Crippen LogP contribution in [0.1, 0.15) is 16.2 Å². The number of carbonyl (C=O) groups is 1. The van der Waals surface area contributed by atoms with Gasteiger partial charge in [0.15, 0.2) is 0 Å². The molecule has 0 saturated carbocycles. The van der Waals surface area contributed by atoms with Crippen LogP contribution in [-0.4, -0.2) is 20.9 Å². The molecule has 29 heavy (non-hydrogen) atoms. The number of para-hydroxylation sites is 3. The third-order valence-electron chi connectivity index (χ3n) is 4.89. The first-order valence-electron chi connectivity index (χ1n) is 9.45. The Morgan fingerprint density at radius 1 is 0.828 bits per heavy atom. The minimum Gasteiger partial charge on any atom is -0.345 e. The van der Waals surface area contributed by atoms with Crippen LogP contribution in [0.2, 0.25) is 0 Å². The van der Waals surface area contributed by atoms with Crippen molar-refractivity contribution in [3.8, 4) is 11.3 Å². The fourth-order valence-corrected chi connectivity index (χ4v) is 3.47. The molecule has 0 radical (unpaired) electrons. The quantitative estimate of drug-likeness (QED) is 0.476. The van der Waals surface area contributed by atoms with Crippen molar-refractivity contribution >= 4 is 27.8 Å². The van der Waals surface area contributed by atoms with E-state index in [1.165, 1.54) is 0 Å². The lowest BCUT2D eigenvalue weighted by atomic mass is 10.0. The fraction of sp³-hybridized carbons (Fsp3) is 0.0417. The molecule has 0 aliphatic heterocycles. The first-order valence-corrected chi connectivity index (χ1v) is 9.45. The largest absolute Gasteiger partial charge is 0.345 e. The summed E-state index contributed by atoms with van der Waals surface area (Å²) in [5, 5.41) is 3.81. The Morgan fingerprint density at radius 2 is 1.55 bits per heavy atom. The van der Waals surface area contributed by atoms with Crippen LogP contribution < -0.4 is 5.32 Å². The van der Waals surface area contributed by atoms with Crippen molar-refractivity contribution in [3.63, 3.8) is 0 Å². The van der Waals surface area contributed by atoms with E-state index >= 15 is 0 Å². The van der Waals surface area contributed by atoms with E-state index in [4.69, 9.17) is 4.98 Å². The maximum atomic E-state index is 13.1. The Hall–Kier alpha value is -3.99. The highest BCUT2D eigenvalue weighted by Gasteiger charge is 2.14. The summed E-state index contributed by atoms with van der Waals surface area (Å²) in [6, 6.07) is 27.2. The number of carbonyl (C=O) groups excluding carboxylic acids is 1. The van der Waals surface area contributed by atoms with Crippen molar-refractivity contribution in [2.75, 3.05) is 0 Å². The van der Waals surface area contributed by atoms with Crippen LogP contribution in [0.15, 0.2) is 84.9 Å². The Labute approximate surface area is 167 Å². The third-order valence-corrected chi connectivity index (χ3v) is 4.89. The Bertz CT molecular complexity index is 1290. The van der Waals surface area contributed by atoms with Crippen molar-refractivity contribution in [1.82, 2.24) is 20.3 Å². The molecular weight excluding hydrogens is 360 g/mol. The van der Waals surface area contributed by atoms with Crippen LogP contribution in [0.3, 0.4) is 0 Å². The van der Waals surface area contributed by atoms with Crippen LogP contribution in [0.25, 0.3) is 33.2 Å². The zero-order chi connectivity index (χ0) is 19.6. The number of imidazole rings is 1. The normalized spacial score (nSPS) is 11.0. The molecule has 2 N–H and O–H groups in total. The predicted octanol–water partition coefficient (Wildman–Crippen LogP) is 4.71. The van der Waals surface area contributed by atoms with Gasteiger partial charge >= 0.3 is 0 Å². The molecule has 0 aliphatic carbocycles. The van der Waals surface area contributed by atoms with Gasteiger partial charge in [0.2, 0.25) is 0 Å². The molecule has 0 aliphatic rings. The Kier molecular flexibility index (Phi) is 4.26. The van der Waals surface area contributed by atoms with Gasteiger partial charge in [0, 0.05) is 10.9 Å². The van der Waals surface area contributed by atoms with Crippen molar-refractivity contribution in [3.05, 3.63) is 96.3 Å². The lowest BCUT2D eigenvalue weighted by Crippen LogP contribution is -2.23. The average molecular weight is 378 g/mol. The summed E-state index contributed by atoms with van der Waals surface area (Å²) in [6.45, 7) is 0.324. The molecule has 5 heteroatoms. The van der Waals surface area contributed by atoms with E-state index in [0.29, 0.717) is 12.1 Å². The second-order valence-electron chi connectivity index (χ2n) is 6.82. The standard InChI is InChI=1S/C24H18N4O/c29-24(25-15-23-27-20-12-6-7-13-21(20)28-23)18-14-22(16-8-2-1-3-9-16)26-19-11-5-4-10-17(18)19/h1-14H,15H2,(H,25,29)(H,27,28). The monoisotopic (exact) mass is 378 g/mol. The topological polar surface area (TPSA) is 70.7 Å². The molecule has 0 fully saturated rings. The molecule has 5 nitrogen and oxygen atoms in total. The number of H-pyrrole nitrogens is 1. The highest BCUT2D eigenvalue weighted by Crippen LogP contribution is 2.24. The molecular formula is C24H18N4O. The van der Waals surface area contributed by atoms with E-state index in [0.717, 1.165) is 39.0 Å². The predicted molar refractivity (Wildman–Crippen MR) is 114 cm³/mol. The maximum Gasteiger partial charge on any atom is 0.252 e. The summed E-state index contributed by atoms with van der Waals surface area (Å²) in [5.74, 6) is 0.572. The lowest BCUT2D eigenvalue weighted by Gasteiger charge is -2.10. The number of rotatable bonds is 4. The third kappa shape index (κ3) is 3.34. The van der Waals surface area contributed by atoms with E-state index < -0.39 is 0 Å². The van der Waals surface area contributed by atoms with Crippen molar-refractivity contribution in [2.24, 2.45) is 0 Å². The summed E-state index contributed by atoms with van der Waals surface area (Å²) in [5.41, 5.74) is 4.99. The van der Waals surface area contributed by atoms with Gasteiger partial charge in [-0.1, -0.05) is 60.7 Å². The highest BCUT2D eigenvalue weighted by atomic mass is 16.1. The first kappa shape index (κ1) is 17.1. The summed E-state index contributed by atoms with van der Waals surface area (Å²) in [4.78, 5) is 25.5. The maximum absolute atomic E-state index is 13.1. The SMILES string of the molecule is O=C(NCc1nc2ccccc2[nH]1)c1cc(-c2ccccc2)nc2ccccc12. The van der Waals surface area contributed by atoms with Gasteiger partial charge in [-0.05, 0) is 24.3 Å². The van der Waals surface area contributed by atoms with Gasteiger partial charge in [-0.25, -0.2) is 9.97 Å². The van der Waals surface area contributed by atoms with Crippen LogP contribution >= 0.6 is 0 Å². The van der Waals surface area contributed by atoms with Crippen LogP contribution in [0, 0.1) is 0 Å². The zero-order valence-corrected chi connectivity index (χ0v) is 15.6. The van der Waals surface area contributed by atoms with Crippen LogP contribution in [0.4, 0.5) is 0 Å². The van der Waals surface area contributed by atoms with Crippen molar-refractivity contribution < 1.29 is 4.79 Å². The van der Waals surface area contributed by atoms with Gasteiger partial charge < -0.3 is 10.3 Å². The molecule has 140 valence electrons. The number of amides is 1. The van der Waals surface area contributed by atoms with E-state index in [2.05, 4.69) is 15.3 Å². The molecule has 2 heterocycles. The highest BCUT2D eigenvalue weighted by molar-refractivity contribution is 6.07. The Balaban J connectivity index is 1.48. The molecule has 5 rings (SSSR count). The van der Waals surface area contributed by atoms with Gasteiger partial charge in [-0.3, -0.25) is 4.79 Å². The van der Waals surface area contributed by atoms with E-state index in [1.54, 1.807) is 0 Å². The molecule has 3 aromatic carbocycles. The van der Waals surface area contributed by atoms with Crippen LogP contribution in [-0.2, 0) is 6.54 Å². The molecule has 0 saturated heterocycles. The molecule has 0 unspecified atom stereocenters. The molecule has 0 atom stereocenters. The molecule has 1 amide bonds. The number of hydrogen-bond acceptors (Lipinski definition) is 3. The second-order valence-corrected chi connectivity index (χ2v) is 6.82. The van der Waals surface area contributed by atoms with Crippen molar-refractivity contribution in [1.29, 1.82) is 0 Å². The Morgan fingerprint density at radius 3 is 2.38 bits per heavy atom. The van der Waals surface area contributed by atoms with Gasteiger partial charge in [0.25, 0.3) is 5.91 Å². The van der Waals surface area contributed by atoms with Gasteiger partial charge in [-0.2, -0.15) is 0 Å². The number of pyridine rings is 1. The summed E-state index contributed by atoms with van der Waals surface area (Å²) >= 11 is 0. The number of nitrogens with zero attached hydrogens (tertiary/aromatic N) is 2. The number of aromatic nitrogens is 3. The van der Waals surface area contributed by atoms with Gasteiger partial charge in [0.1, 0.15) is 5.82 Å². The summed E-state index contributed by atoms with van der Waals surface area (Å²) in [7, 11) is 0. The summed E-state index contributed by atoms with van der Waals surface area (Å²) < 4.78 is 0. The number of fused-ring (bicyclic) bond motifs is 2. The smallest absolute Gasteiger partial charge is 0.252 e. The fourth-order valence-electron chi connectivity index (χ4n) is 3.47. The van der Waals surface area contributed by atoms with E-state index in [9.17, 15) is 4.79 Å². The molecule has 5 aromatic rings. The van der Waals surface area contributed by atoms with Gasteiger partial charge in [-0.15, -0.1) is 0 Å². The number of benzene rings is 3. The summed E-state index contributed by atoms with van der Waals surface area (Å²) in [6.07, 6.45) is 0. The van der Waals surface area contributed by atoms with E-state index in [1.807, 2.05) is 84.9 Å². The number of hydrogen-bond donors (Lipinski definition) is 2.